The largest absolute Gasteiger partial charge is 0.350 e. The molecule has 6 nitrogen and oxygen atoms in total. The minimum Gasteiger partial charge on any atom is -0.280 e. The summed E-state index contributed by atoms with van der Waals surface area (Å²) < 4.78 is 18.4. The monoisotopic (exact) mass is 414 g/mol. The van der Waals surface area contributed by atoms with Gasteiger partial charge in [0.2, 0.25) is 5.65 Å². The maximum absolute atomic E-state index is 13.8. The fraction of sp³-hybridized carbons (Fsp3) is 0.0556. The number of benzene rings is 2. The van der Waals surface area contributed by atoms with Gasteiger partial charge in [0.05, 0.1) is 6.54 Å². The highest BCUT2D eigenvalue weighted by Gasteiger charge is 2.14. The molecule has 0 unspecified atom stereocenters. The number of halogens is 2. The van der Waals surface area contributed by atoms with Crippen LogP contribution in [0.4, 0.5) is 4.39 Å². The van der Waals surface area contributed by atoms with Gasteiger partial charge in [0, 0.05) is 28.1 Å². The first-order valence-corrected chi connectivity index (χ1v) is 8.54. The van der Waals surface area contributed by atoms with E-state index in [1.807, 2.05) is 12.1 Å². The normalized spacial score (nSPS) is 11.2. The maximum Gasteiger partial charge on any atom is 0.350 e. The van der Waals surface area contributed by atoms with Crippen molar-refractivity contribution in [1.82, 2.24) is 18.7 Å². The molecule has 0 radical (unpaired) electrons. The van der Waals surface area contributed by atoms with Gasteiger partial charge in [0.25, 0.3) is 0 Å². The minimum absolute atomic E-state index is 0.0169. The van der Waals surface area contributed by atoms with Gasteiger partial charge in [0.1, 0.15) is 5.82 Å². The van der Waals surface area contributed by atoms with Crippen molar-refractivity contribution < 1.29 is 4.39 Å². The summed E-state index contributed by atoms with van der Waals surface area (Å²) in [6.45, 7) is -0.0507. The van der Waals surface area contributed by atoms with E-state index in [4.69, 9.17) is 0 Å². The first kappa shape index (κ1) is 16.5. The number of nitrogens with zero attached hydrogens (tertiary/aromatic N) is 4. The molecular formula is C18H12BrFN4O2. The zero-order valence-electron chi connectivity index (χ0n) is 13.3. The summed E-state index contributed by atoms with van der Waals surface area (Å²) in [6, 6.07) is 13.3. The third kappa shape index (κ3) is 2.78. The van der Waals surface area contributed by atoms with Crippen molar-refractivity contribution in [3.05, 3.63) is 97.6 Å². The minimum atomic E-state index is -0.497. The standard InChI is InChI=1S/C18H12BrFN4O2/c19-13-5-7-14(8-6-13)22-9-10-23-16(17(22)25)21-24(18(23)26)11-12-3-1-2-4-15(12)20/h1-10H,11H2. The summed E-state index contributed by atoms with van der Waals surface area (Å²) in [5.41, 5.74) is 0.0299. The van der Waals surface area contributed by atoms with Crippen LogP contribution >= 0.6 is 15.9 Å². The Morgan fingerprint density at radius 3 is 2.46 bits per heavy atom. The van der Waals surface area contributed by atoms with E-state index in [0.717, 1.165) is 9.15 Å². The summed E-state index contributed by atoms with van der Waals surface area (Å²) in [6.07, 6.45) is 2.99. The molecule has 0 aliphatic carbocycles. The van der Waals surface area contributed by atoms with Crippen molar-refractivity contribution in [2.24, 2.45) is 0 Å². The fourth-order valence-corrected chi connectivity index (χ4v) is 2.97. The zero-order chi connectivity index (χ0) is 18.3. The Labute approximate surface area is 154 Å². The molecule has 0 saturated carbocycles. The van der Waals surface area contributed by atoms with Gasteiger partial charge >= 0.3 is 11.2 Å². The first-order valence-electron chi connectivity index (χ1n) is 7.75. The van der Waals surface area contributed by atoms with Crippen LogP contribution in [0, 0.1) is 5.82 Å². The van der Waals surface area contributed by atoms with Crippen LogP contribution in [0.1, 0.15) is 5.56 Å². The van der Waals surface area contributed by atoms with E-state index in [-0.39, 0.29) is 12.2 Å². The average Bonchev–Trinajstić information content (AvgIpc) is 2.95. The van der Waals surface area contributed by atoms with E-state index in [2.05, 4.69) is 21.0 Å². The lowest BCUT2D eigenvalue weighted by atomic mass is 10.2. The fourth-order valence-electron chi connectivity index (χ4n) is 2.71. The molecule has 4 rings (SSSR count). The van der Waals surface area contributed by atoms with E-state index in [9.17, 15) is 14.0 Å². The Hall–Kier alpha value is -3.00. The Kier molecular flexibility index (Phi) is 4.04. The van der Waals surface area contributed by atoms with E-state index in [1.54, 1.807) is 30.3 Å². The predicted molar refractivity (Wildman–Crippen MR) is 98.3 cm³/mol. The smallest absolute Gasteiger partial charge is 0.280 e. The molecular weight excluding hydrogens is 403 g/mol. The molecule has 0 aliphatic heterocycles. The number of hydrogen-bond acceptors (Lipinski definition) is 3. The van der Waals surface area contributed by atoms with Gasteiger partial charge in [-0.15, -0.1) is 5.10 Å². The van der Waals surface area contributed by atoms with Crippen LogP contribution in [0.2, 0.25) is 0 Å². The van der Waals surface area contributed by atoms with Gasteiger partial charge in [-0.2, -0.15) is 0 Å². The molecule has 2 aromatic heterocycles. The van der Waals surface area contributed by atoms with Crippen molar-refractivity contribution >= 4 is 21.6 Å². The molecule has 130 valence electrons. The van der Waals surface area contributed by atoms with Crippen LogP contribution in [0.25, 0.3) is 11.3 Å². The molecule has 4 aromatic rings. The molecule has 0 amide bonds. The quantitative estimate of drug-likeness (QED) is 0.517. The second-order valence-corrected chi connectivity index (χ2v) is 6.59. The van der Waals surface area contributed by atoms with Crippen LogP contribution in [0.5, 0.6) is 0 Å². The highest BCUT2D eigenvalue weighted by atomic mass is 79.9. The zero-order valence-corrected chi connectivity index (χ0v) is 14.9. The molecule has 26 heavy (non-hydrogen) atoms. The topological polar surface area (TPSA) is 61.3 Å². The third-order valence-corrected chi connectivity index (χ3v) is 4.56. The lowest BCUT2D eigenvalue weighted by Crippen LogP contribution is -2.24. The summed E-state index contributed by atoms with van der Waals surface area (Å²) >= 11 is 3.35. The molecule has 0 saturated heterocycles. The van der Waals surface area contributed by atoms with Crippen LogP contribution in [-0.2, 0) is 6.54 Å². The van der Waals surface area contributed by atoms with E-state index in [1.165, 1.54) is 27.4 Å². The van der Waals surface area contributed by atoms with Crippen molar-refractivity contribution in [1.29, 1.82) is 0 Å². The van der Waals surface area contributed by atoms with Gasteiger partial charge in [-0.25, -0.2) is 18.3 Å². The van der Waals surface area contributed by atoms with E-state index < -0.39 is 17.1 Å². The van der Waals surface area contributed by atoms with Crippen molar-refractivity contribution in [3.8, 4) is 5.69 Å². The average molecular weight is 415 g/mol. The first-order chi connectivity index (χ1) is 12.5. The molecule has 2 aromatic carbocycles. The summed E-state index contributed by atoms with van der Waals surface area (Å²) in [5, 5.41) is 4.11. The van der Waals surface area contributed by atoms with Crippen LogP contribution in [0.15, 0.2) is 75.0 Å². The van der Waals surface area contributed by atoms with Gasteiger partial charge in [-0.05, 0) is 30.3 Å². The molecule has 2 heterocycles. The second-order valence-electron chi connectivity index (χ2n) is 5.67. The van der Waals surface area contributed by atoms with Gasteiger partial charge in [0.15, 0.2) is 0 Å². The summed E-state index contributed by atoms with van der Waals surface area (Å²) in [4.78, 5) is 25.2. The SMILES string of the molecule is O=c1c2nn(Cc3ccccc3F)c(=O)n2ccn1-c1ccc(Br)cc1. The Bertz CT molecular complexity index is 1220. The van der Waals surface area contributed by atoms with E-state index in [0.29, 0.717) is 11.3 Å². The number of aromatic nitrogens is 4. The predicted octanol–water partition coefficient (Wildman–Crippen LogP) is 2.60. The molecule has 0 bridgehead atoms. The number of rotatable bonds is 3. The highest BCUT2D eigenvalue weighted by molar-refractivity contribution is 9.10. The lowest BCUT2D eigenvalue weighted by molar-refractivity contribution is 0.578. The molecule has 8 heteroatoms. The maximum atomic E-state index is 13.8. The van der Waals surface area contributed by atoms with Gasteiger partial charge < -0.3 is 0 Å². The molecule has 0 spiro atoms. The van der Waals surface area contributed by atoms with Crippen LogP contribution < -0.4 is 11.2 Å². The Morgan fingerprint density at radius 1 is 1.00 bits per heavy atom. The van der Waals surface area contributed by atoms with Crippen molar-refractivity contribution in [2.45, 2.75) is 6.54 Å². The van der Waals surface area contributed by atoms with Crippen molar-refractivity contribution in [3.63, 3.8) is 0 Å². The highest BCUT2D eigenvalue weighted by Crippen LogP contribution is 2.13. The molecule has 0 aliphatic rings. The number of hydrogen-bond donors (Lipinski definition) is 0. The van der Waals surface area contributed by atoms with Gasteiger partial charge in [-0.1, -0.05) is 34.1 Å². The van der Waals surface area contributed by atoms with Gasteiger partial charge in [-0.3, -0.25) is 9.36 Å². The summed E-state index contributed by atoms with van der Waals surface area (Å²) in [7, 11) is 0. The molecule has 0 fully saturated rings. The van der Waals surface area contributed by atoms with Crippen molar-refractivity contribution in [2.75, 3.05) is 0 Å². The van der Waals surface area contributed by atoms with Crippen LogP contribution in [0.3, 0.4) is 0 Å². The second kappa shape index (κ2) is 6.38. The van der Waals surface area contributed by atoms with Crippen LogP contribution in [-0.4, -0.2) is 18.7 Å². The Balaban J connectivity index is 1.84. The number of fused-ring (bicyclic) bond motifs is 1. The summed E-state index contributed by atoms with van der Waals surface area (Å²) in [5.74, 6) is -0.427. The molecule has 0 atom stereocenters. The van der Waals surface area contributed by atoms with E-state index >= 15 is 0 Å². The third-order valence-electron chi connectivity index (χ3n) is 4.03. The lowest BCUT2D eigenvalue weighted by Gasteiger charge is -2.05. The Morgan fingerprint density at radius 2 is 1.73 bits per heavy atom. The molecule has 0 N–H and O–H groups in total.